The van der Waals surface area contributed by atoms with E-state index in [4.69, 9.17) is 14.6 Å². The number of alkyl halides is 4. The Balaban J connectivity index is 4.20. The average molecular weight is 520 g/mol. The largest absolute Gasteiger partial charge is 0.481 e. The van der Waals surface area contributed by atoms with Crippen LogP contribution in [0.1, 0.15) is 0 Å². The highest BCUT2D eigenvalue weighted by Gasteiger charge is 2.24. The Morgan fingerprint density at radius 3 is 1.44 bits per heavy atom. The maximum atomic E-state index is 11.1. The first kappa shape index (κ1) is 18.3. The Hall–Kier alpha value is 0.330. The van der Waals surface area contributed by atoms with Crippen molar-refractivity contribution in [3.63, 3.8) is 0 Å². The van der Waals surface area contributed by atoms with Gasteiger partial charge in [-0.05, 0) is 0 Å². The summed E-state index contributed by atoms with van der Waals surface area (Å²) in [5.41, 5.74) is 0. The van der Waals surface area contributed by atoms with E-state index in [0.29, 0.717) is 0 Å². The molecule has 0 aliphatic heterocycles. The van der Waals surface area contributed by atoms with Gasteiger partial charge in [-0.3, -0.25) is 4.79 Å². The molecule has 0 amide bonds. The summed E-state index contributed by atoms with van der Waals surface area (Å²) < 4.78 is 7.96. The minimum absolute atomic E-state index is 0.385. The van der Waals surface area contributed by atoms with Crippen molar-refractivity contribution in [1.82, 2.24) is 0 Å². The van der Waals surface area contributed by atoms with Crippen LogP contribution in [-0.4, -0.2) is 43.7 Å². The zero-order valence-electron chi connectivity index (χ0n) is 8.65. The van der Waals surface area contributed by atoms with Crippen LogP contribution >= 0.6 is 63.7 Å². The quantitative estimate of drug-likeness (QED) is 0.409. The molecule has 0 rings (SSSR count). The zero-order chi connectivity index (χ0) is 14.3. The summed E-state index contributed by atoms with van der Waals surface area (Å²) in [5.74, 6) is -3.66. The SMILES string of the molecule is O=C(OCC(COC(=O)C(Br)Br)C(=O)O)C(Br)Br. The lowest BCUT2D eigenvalue weighted by Crippen LogP contribution is -2.29. The van der Waals surface area contributed by atoms with Gasteiger partial charge in [0.15, 0.2) is 7.47 Å². The molecule has 0 radical (unpaired) electrons. The molecule has 0 aliphatic rings. The van der Waals surface area contributed by atoms with Crippen LogP contribution in [0.2, 0.25) is 0 Å². The first-order valence-corrected chi connectivity index (χ1v) is 8.04. The summed E-state index contributed by atoms with van der Waals surface area (Å²) in [6.45, 7) is -0.769. The number of esters is 2. The summed E-state index contributed by atoms with van der Waals surface area (Å²) >= 11 is 11.6. The second kappa shape index (κ2) is 9.27. The van der Waals surface area contributed by atoms with E-state index in [0.717, 1.165) is 0 Å². The van der Waals surface area contributed by atoms with Gasteiger partial charge in [0.2, 0.25) is 0 Å². The molecule has 0 aromatic rings. The standard InChI is InChI=1S/C8H8Br4O6/c9-4(10)7(15)17-1-3(6(13)14)2-18-8(16)5(11)12/h3-5H,1-2H2,(H,13,14). The van der Waals surface area contributed by atoms with Crippen LogP contribution in [0.15, 0.2) is 0 Å². The van der Waals surface area contributed by atoms with Crippen molar-refractivity contribution in [2.75, 3.05) is 13.2 Å². The predicted octanol–water partition coefficient (Wildman–Crippen LogP) is 2.01. The summed E-state index contributed by atoms with van der Waals surface area (Å²) in [6, 6.07) is 0. The van der Waals surface area contributed by atoms with Crippen molar-refractivity contribution in [3.05, 3.63) is 0 Å². The lowest BCUT2D eigenvalue weighted by molar-refractivity contribution is -0.154. The minimum Gasteiger partial charge on any atom is -0.481 e. The number of rotatable bonds is 7. The molecule has 0 aliphatic carbocycles. The minimum atomic E-state index is -1.23. The maximum Gasteiger partial charge on any atom is 0.330 e. The van der Waals surface area contributed by atoms with Crippen LogP contribution in [0.4, 0.5) is 0 Å². The Morgan fingerprint density at radius 2 is 1.22 bits per heavy atom. The molecule has 0 saturated carbocycles. The van der Waals surface area contributed by atoms with Crippen molar-refractivity contribution in [2.45, 2.75) is 7.47 Å². The molecule has 0 atom stereocenters. The molecule has 18 heavy (non-hydrogen) atoms. The fraction of sp³-hybridized carbons (Fsp3) is 0.625. The normalized spacial score (nSPS) is 10.8. The van der Waals surface area contributed by atoms with Crippen LogP contribution in [0.25, 0.3) is 0 Å². The molecule has 1 N–H and O–H groups in total. The van der Waals surface area contributed by atoms with Gasteiger partial charge in [-0.25, -0.2) is 9.59 Å². The monoisotopic (exact) mass is 516 g/mol. The average Bonchev–Trinajstić information content (AvgIpc) is 2.27. The van der Waals surface area contributed by atoms with E-state index in [1.807, 2.05) is 0 Å². The van der Waals surface area contributed by atoms with E-state index in [1.165, 1.54) is 0 Å². The third-order valence-corrected chi connectivity index (χ3v) is 3.05. The second-order valence-corrected chi connectivity index (χ2v) is 9.02. The van der Waals surface area contributed by atoms with E-state index in [9.17, 15) is 14.4 Å². The van der Waals surface area contributed by atoms with Crippen LogP contribution in [0.3, 0.4) is 0 Å². The number of aliphatic carboxylic acids is 1. The summed E-state index contributed by atoms with van der Waals surface area (Å²) in [7, 11) is 0. The molecule has 0 bridgehead atoms. The smallest absolute Gasteiger partial charge is 0.330 e. The number of ether oxygens (including phenoxy) is 2. The number of halogens is 4. The van der Waals surface area contributed by atoms with E-state index >= 15 is 0 Å². The molecule has 6 nitrogen and oxygen atoms in total. The highest BCUT2D eigenvalue weighted by atomic mass is 79.9. The number of carbonyl (C=O) groups excluding carboxylic acids is 2. The van der Waals surface area contributed by atoms with Gasteiger partial charge in [-0.1, -0.05) is 63.7 Å². The van der Waals surface area contributed by atoms with Crippen molar-refractivity contribution < 1.29 is 29.0 Å². The molecule has 0 spiro atoms. The molecule has 0 saturated heterocycles. The summed E-state index contributed by atoms with van der Waals surface area (Å²) in [6.07, 6.45) is 0. The van der Waals surface area contributed by atoms with Gasteiger partial charge < -0.3 is 14.6 Å². The van der Waals surface area contributed by atoms with Gasteiger partial charge in [0, 0.05) is 0 Å². The fourth-order valence-corrected chi connectivity index (χ4v) is 1.21. The van der Waals surface area contributed by atoms with E-state index in [-0.39, 0.29) is 13.2 Å². The lowest BCUT2D eigenvalue weighted by atomic mass is 10.2. The second-order valence-electron chi connectivity index (χ2n) is 2.90. The topological polar surface area (TPSA) is 89.9 Å². The zero-order valence-corrected chi connectivity index (χ0v) is 15.0. The Bertz CT molecular complexity index is 295. The van der Waals surface area contributed by atoms with Crippen LogP contribution < -0.4 is 0 Å². The van der Waals surface area contributed by atoms with E-state index < -0.39 is 31.3 Å². The van der Waals surface area contributed by atoms with Gasteiger partial charge in [0.1, 0.15) is 19.1 Å². The molecule has 0 aromatic carbocycles. The number of carbonyl (C=O) groups is 3. The molecular formula is C8H8Br4O6. The van der Waals surface area contributed by atoms with Crippen molar-refractivity contribution in [1.29, 1.82) is 0 Å². The molecular weight excluding hydrogens is 512 g/mol. The first-order valence-electron chi connectivity index (χ1n) is 4.38. The van der Waals surface area contributed by atoms with Crippen LogP contribution in [0.5, 0.6) is 0 Å². The van der Waals surface area contributed by atoms with Gasteiger partial charge in [-0.2, -0.15) is 0 Å². The van der Waals surface area contributed by atoms with Crippen LogP contribution in [0, 0.1) is 5.92 Å². The number of hydrogen-bond donors (Lipinski definition) is 1. The van der Waals surface area contributed by atoms with Gasteiger partial charge in [0.05, 0.1) is 0 Å². The lowest BCUT2D eigenvalue weighted by Gasteiger charge is -2.13. The maximum absolute atomic E-state index is 11.1. The van der Waals surface area contributed by atoms with Crippen molar-refractivity contribution >= 4 is 81.6 Å². The van der Waals surface area contributed by atoms with E-state index in [2.05, 4.69) is 63.7 Å². The predicted molar refractivity (Wildman–Crippen MR) is 76.3 cm³/mol. The Kier molecular flexibility index (Phi) is 9.44. The molecule has 0 heterocycles. The molecule has 104 valence electrons. The van der Waals surface area contributed by atoms with Gasteiger partial charge in [0.25, 0.3) is 0 Å². The number of carboxylic acid groups (broad SMARTS) is 1. The summed E-state index contributed by atoms with van der Waals surface area (Å²) in [5, 5.41) is 8.85. The van der Waals surface area contributed by atoms with Crippen LogP contribution in [-0.2, 0) is 23.9 Å². The molecule has 0 aromatic heterocycles. The highest BCUT2D eigenvalue weighted by molar-refractivity contribution is 9.25. The van der Waals surface area contributed by atoms with Gasteiger partial charge >= 0.3 is 17.9 Å². The molecule has 0 unspecified atom stereocenters. The van der Waals surface area contributed by atoms with Gasteiger partial charge in [-0.15, -0.1) is 0 Å². The fourth-order valence-electron chi connectivity index (χ4n) is 0.682. The third-order valence-electron chi connectivity index (χ3n) is 1.56. The molecule has 0 fully saturated rings. The summed E-state index contributed by atoms with van der Waals surface area (Å²) in [4.78, 5) is 33.0. The van der Waals surface area contributed by atoms with Crippen molar-refractivity contribution in [3.8, 4) is 0 Å². The molecule has 10 heteroatoms. The van der Waals surface area contributed by atoms with Crippen molar-refractivity contribution in [2.24, 2.45) is 5.92 Å². The Morgan fingerprint density at radius 1 is 0.889 bits per heavy atom. The highest BCUT2D eigenvalue weighted by Crippen LogP contribution is 2.13. The number of carboxylic acids is 1. The van der Waals surface area contributed by atoms with E-state index in [1.54, 1.807) is 0 Å². The Labute approximate surface area is 136 Å². The third kappa shape index (κ3) is 7.70. The number of hydrogen-bond acceptors (Lipinski definition) is 5. The first-order chi connectivity index (χ1) is 8.25.